The van der Waals surface area contributed by atoms with Crippen molar-refractivity contribution in [2.24, 2.45) is 0 Å². The Morgan fingerprint density at radius 2 is 1.55 bits per heavy atom. The Kier molecular flexibility index (Phi) is 7.15. The first-order valence-electron chi connectivity index (χ1n) is 9.10. The summed E-state index contributed by atoms with van der Waals surface area (Å²) in [6.07, 6.45) is 2.57. The van der Waals surface area contributed by atoms with Crippen molar-refractivity contribution in [2.45, 2.75) is 12.8 Å². The fourth-order valence-corrected chi connectivity index (χ4v) is 2.89. The molecule has 8 heteroatoms. The summed E-state index contributed by atoms with van der Waals surface area (Å²) in [6, 6.07) is 20.8. The second-order valence-corrected chi connectivity index (χ2v) is 7.94. The molecule has 1 aromatic heterocycles. The largest absolute Gasteiger partial charge is 0.491 e. The lowest BCUT2D eigenvalue weighted by molar-refractivity contribution is 0.222. The van der Waals surface area contributed by atoms with Gasteiger partial charge in [-0.2, -0.15) is 13.5 Å². The van der Waals surface area contributed by atoms with E-state index in [0.29, 0.717) is 11.6 Å². The van der Waals surface area contributed by atoms with E-state index in [9.17, 15) is 8.42 Å². The van der Waals surface area contributed by atoms with Gasteiger partial charge in [0.1, 0.15) is 24.7 Å². The molecule has 152 valence electrons. The summed E-state index contributed by atoms with van der Waals surface area (Å²) in [5.74, 6) is 1.84. The minimum Gasteiger partial charge on any atom is -0.491 e. The number of aromatic nitrogens is 2. The molecular formula is C21H22N2O5S. The quantitative estimate of drug-likeness (QED) is 0.371. The van der Waals surface area contributed by atoms with Crippen LogP contribution >= 0.6 is 0 Å². The van der Waals surface area contributed by atoms with Crippen molar-refractivity contribution < 1.29 is 22.1 Å². The van der Waals surface area contributed by atoms with Gasteiger partial charge in [-0.1, -0.05) is 30.3 Å². The van der Waals surface area contributed by atoms with Gasteiger partial charge in [0.15, 0.2) is 0 Å². The van der Waals surface area contributed by atoms with Gasteiger partial charge in [-0.15, -0.1) is 5.10 Å². The van der Waals surface area contributed by atoms with E-state index in [2.05, 4.69) is 14.4 Å². The summed E-state index contributed by atoms with van der Waals surface area (Å²) < 4.78 is 37.5. The topological polar surface area (TPSA) is 87.6 Å². The SMILES string of the molecule is CS(=O)(=O)OCCOc1ccc(CCc2ccc(Oc3ccccc3)nn2)cc1. The molecule has 0 unspecified atom stereocenters. The summed E-state index contributed by atoms with van der Waals surface area (Å²) in [6.45, 7) is 0.155. The van der Waals surface area contributed by atoms with Crippen LogP contribution in [0.5, 0.6) is 17.4 Å². The van der Waals surface area contributed by atoms with E-state index in [0.717, 1.165) is 36.1 Å². The highest BCUT2D eigenvalue weighted by Gasteiger charge is 2.04. The van der Waals surface area contributed by atoms with E-state index in [-0.39, 0.29) is 13.2 Å². The molecule has 0 aliphatic heterocycles. The zero-order valence-electron chi connectivity index (χ0n) is 16.0. The lowest BCUT2D eigenvalue weighted by Gasteiger charge is -2.07. The first-order valence-corrected chi connectivity index (χ1v) is 10.9. The number of benzene rings is 2. The lowest BCUT2D eigenvalue weighted by atomic mass is 10.1. The fourth-order valence-electron chi connectivity index (χ4n) is 2.51. The Hall–Kier alpha value is -2.97. The Morgan fingerprint density at radius 1 is 0.793 bits per heavy atom. The van der Waals surface area contributed by atoms with Crippen molar-refractivity contribution >= 4 is 10.1 Å². The van der Waals surface area contributed by atoms with Crippen molar-refractivity contribution in [3.63, 3.8) is 0 Å². The second kappa shape index (κ2) is 9.99. The van der Waals surface area contributed by atoms with Crippen LogP contribution in [0.1, 0.15) is 11.3 Å². The molecule has 7 nitrogen and oxygen atoms in total. The third kappa shape index (κ3) is 7.52. The number of para-hydroxylation sites is 1. The third-order valence-corrected chi connectivity index (χ3v) is 4.50. The molecule has 0 atom stereocenters. The van der Waals surface area contributed by atoms with Crippen LogP contribution < -0.4 is 9.47 Å². The number of nitrogens with zero attached hydrogens (tertiary/aromatic N) is 2. The predicted molar refractivity (Wildman–Crippen MR) is 109 cm³/mol. The van der Waals surface area contributed by atoms with Crippen molar-refractivity contribution in [3.05, 3.63) is 78.0 Å². The molecule has 0 amide bonds. The average Bonchev–Trinajstić information content (AvgIpc) is 2.72. The summed E-state index contributed by atoms with van der Waals surface area (Å²) in [5, 5.41) is 8.33. The number of rotatable bonds is 10. The molecule has 0 spiro atoms. The van der Waals surface area contributed by atoms with E-state index in [1.54, 1.807) is 0 Å². The molecule has 2 aromatic carbocycles. The van der Waals surface area contributed by atoms with Crippen LogP contribution in [0.25, 0.3) is 0 Å². The molecule has 0 bridgehead atoms. The maximum absolute atomic E-state index is 10.9. The molecule has 0 fully saturated rings. The van der Waals surface area contributed by atoms with Crippen LogP contribution in [0.3, 0.4) is 0 Å². The average molecular weight is 414 g/mol. The van der Waals surface area contributed by atoms with Crippen LogP contribution in [0.2, 0.25) is 0 Å². The maximum atomic E-state index is 10.9. The van der Waals surface area contributed by atoms with Gasteiger partial charge in [0.2, 0.25) is 5.88 Å². The molecule has 3 aromatic rings. The van der Waals surface area contributed by atoms with Gasteiger partial charge in [0.25, 0.3) is 10.1 Å². The van der Waals surface area contributed by atoms with Crippen LogP contribution in [0, 0.1) is 0 Å². The van der Waals surface area contributed by atoms with Crippen LogP contribution in [-0.2, 0) is 27.1 Å². The summed E-state index contributed by atoms with van der Waals surface area (Å²) in [7, 11) is -3.44. The minimum absolute atomic E-state index is 0.0107. The first-order chi connectivity index (χ1) is 14.0. The van der Waals surface area contributed by atoms with Crippen LogP contribution in [0.4, 0.5) is 0 Å². The van der Waals surface area contributed by atoms with Gasteiger partial charge in [0.05, 0.1) is 11.9 Å². The minimum atomic E-state index is -3.44. The molecule has 3 rings (SSSR count). The molecule has 29 heavy (non-hydrogen) atoms. The van der Waals surface area contributed by atoms with E-state index in [1.807, 2.05) is 66.7 Å². The van der Waals surface area contributed by atoms with Gasteiger partial charge in [-0.3, -0.25) is 4.18 Å². The number of aryl methyl sites for hydroxylation is 2. The predicted octanol–water partition coefficient (Wildman–Crippen LogP) is 3.41. The lowest BCUT2D eigenvalue weighted by Crippen LogP contribution is -2.11. The zero-order chi connectivity index (χ0) is 20.5. The molecule has 1 heterocycles. The van der Waals surface area contributed by atoms with E-state index < -0.39 is 10.1 Å². The van der Waals surface area contributed by atoms with E-state index in [1.165, 1.54) is 0 Å². The molecular weight excluding hydrogens is 392 g/mol. The number of hydrogen-bond donors (Lipinski definition) is 0. The van der Waals surface area contributed by atoms with Gasteiger partial charge >= 0.3 is 0 Å². The smallest absolute Gasteiger partial charge is 0.264 e. The van der Waals surface area contributed by atoms with Crippen LogP contribution in [0.15, 0.2) is 66.7 Å². The summed E-state index contributed by atoms with van der Waals surface area (Å²) in [5.41, 5.74) is 2.01. The van der Waals surface area contributed by atoms with Crippen molar-refractivity contribution in [1.29, 1.82) is 0 Å². The summed E-state index contributed by atoms with van der Waals surface area (Å²) in [4.78, 5) is 0. The Bertz CT molecular complexity index is 992. The monoisotopic (exact) mass is 414 g/mol. The molecule has 0 saturated carbocycles. The molecule has 0 N–H and O–H groups in total. The first kappa shape index (κ1) is 20.8. The molecule has 0 aliphatic rings. The highest BCUT2D eigenvalue weighted by molar-refractivity contribution is 7.85. The van der Waals surface area contributed by atoms with Crippen molar-refractivity contribution in [2.75, 3.05) is 19.5 Å². The molecule has 0 saturated heterocycles. The Balaban J connectivity index is 1.43. The zero-order valence-corrected chi connectivity index (χ0v) is 16.8. The highest BCUT2D eigenvalue weighted by atomic mass is 32.2. The van der Waals surface area contributed by atoms with E-state index >= 15 is 0 Å². The Morgan fingerprint density at radius 3 is 2.21 bits per heavy atom. The van der Waals surface area contributed by atoms with Gasteiger partial charge in [0, 0.05) is 6.07 Å². The second-order valence-electron chi connectivity index (χ2n) is 6.30. The van der Waals surface area contributed by atoms with Gasteiger partial charge in [-0.05, 0) is 48.7 Å². The Labute approximate surface area is 170 Å². The van der Waals surface area contributed by atoms with Crippen molar-refractivity contribution in [3.8, 4) is 17.4 Å². The van der Waals surface area contributed by atoms with Gasteiger partial charge < -0.3 is 9.47 Å². The third-order valence-electron chi connectivity index (χ3n) is 3.90. The normalized spacial score (nSPS) is 11.2. The molecule has 0 aliphatic carbocycles. The van der Waals surface area contributed by atoms with Crippen molar-refractivity contribution in [1.82, 2.24) is 10.2 Å². The standard InChI is InChI=1S/C21H22N2O5S/c1-29(24,25)27-16-15-26-19-12-8-17(9-13-19)7-10-18-11-14-21(23-22-18)28-20-5-3-2-4-6-20/h2-6,8-9,11-14H,7,10,15-16H2,1H3. The maximum Gasteiger partial charge on any atom is 0.264 e. The summed E-state index contributed by atoms with van der Waals surface area (Å²) >= 11 is 0. The number of ether oxygens (including phenoxy) is 2. The van der Waals surface area contributed by atoms with Gasteiger partial charge in [-0.25, -0.2) is 0 Å². The highest BCUT2D eigenvalue weighted by Crippen LogP contribution is 2.18. The fraction of sp³-hybridized carbons (Fsp3) is 0.238. The number of hydrogen-bond acceptors (Lipinski definition) is 7. The van der Waals surface area contributed by atoms with Crippen LogP contribution in [-0.4, -0.2) is 38.1 Å². The van der Waals surface area contributed by atoms with E-state index in [4.69, 9.17) is 9.47 Å². The molecule has 0 radical (unpaired) electrons.